The summed E-state index contributed by atoms with van der Waals surface area (Å²) >= 11 is 0. The molecule has 25 heavy (non-hydrogen) atoms. The first kappa shape index (κ1) is 16.1. The minimum Gasteiger partial charge on any atom is -0.488 e. The van der Waals surface area contributed by atoms with Crippen LogP contribution >= 0.6 is 0 Å². The van der Waals surface area contributed by atoms with E-state index in [4.69, 9.17) is 9.26 Å². The Labute approximate surface area is 146 Å². The Bertz CT molecular complexity index is 735. The number of nitrogens with one attached hydrogen (secondary N) is 1. The number of aromatic nitrogens is 2. The molecule has 7 nitrogen and oxygen atoms in total. The van der Waals surface area contributed by atoms with E-state index in [0.29, 0.717) is 24.8 Å². The molecule has 3 heterocycles. The summed E-state index contributed by atoms with van der Waals surface area (Å²) in [5, 5.41) is 7.00. The minimum absolute atomic E-state index is 0.00618. The molecular weight excluding hydrogens is 320 g/mol. The molecule has 1 aromatic heterocycles. The van der Waals surface area contributed by atoms with E-state index in [9.17, 15) is 4.79 Å². The summed E-state index contributed by atoms with van der Waals surface area (Å²) in [4.78, 5) is 18.8. The lowest BCUT2D eigenvalue weighted by Crippen LogP contribution is -2.41. The van der Waals surface area contributed by atoms with Crippen molar-refractivity contribution in [2.45, 2.75) is 38.3 Å². The Morgan fingerprint density at radius 3 is 3.08 bits per heavy atom. The largest absolute Gasteiger partial charge is 0.488 e. The van der Waals surface area contributed by atoms with E-state index in [2.05, 4.69) is 26.4 Å². The molecule has 0 radical (unpaired) electrons. The van der Waals surface area contributed by atoms with Gasteiger partial charge in [-0.05, 0) is 31.0 Å². The molecule has 7 heteroatoms. The maximum Gasteiger partial charge on any atom is 0.234 e. The van der Waals surface area contributed by atoms with Crippen molar-refractivity contribution >= 4 is 5.91 Å². The number of amides is 1. The topological polar surface area (TPSA) is 80.5 Å². The summed E-state index contributed by atoms with van der Waals surface area (Å²) in [5.74, 6) is 2.17. The summed E-state index contributed by atoms with van der Waals surface area (Å²) in [6, 6.07) is 8.08. The van der Waals surface area contributed by atoms with Crippen LogP contribution in [0.1, 0.15) is 36.2 Å². The zero-order valence-electron chi connectivity index (χ0n) is 14.3. The number of nitrogens with zero attached hydrogens (tertiary/aromatic N) is 3. The van der Waals surface area contributed by atoms with Crippen molar-refractivity contribution in [3.05, 3.63) is 41.5 Å². The van der Waals surface area contributed by atoms with Crippen molar-refractivity contribution in [1.29, 1.82) is 0 Å². The maximum atomic E-state index is 12.3. The Kier molecular flexibility index (Phi) is 4.40. The zero-order valence-corrected chi connectivity index (χ0v) is 14.3. The van der Waals surface area contributed by atoms with Crippen molar-refractivity contribution in [2.24, 2.45) is 0 Å². The molecule has 1 saturated heterocycles. The van der Waals surface area contributed by atoms with Crippen LogP contribution in [0.4, 0.5) is 0 Å². The van der Waals surface area contributed by atoms with Crippen LogP contribution in [-0.2, 0) is 11.2 Å². The first-order valence-electron chi connectivity index (χ1n) is 8.74. The summed E-state index contributed by atoms with van der Waals surface area (Å²) in [6.07, 6.45) is 2.83. The molecule has 132 valence electrons. The maximum absolute atomic E-state index is 12.3. The second kappa shape index (κ2) is 6.84. The second-order valence-corrected chi connectivity index (χ2v) is 6.66. The van der Waals surface area contributed by atoms with Crippen LogP contribution in [0.2, 0.25) is 0 Å². The molecule has 0 bridgehead atoms. The summed E-state index contributed by atoms with van der Waals surface area (Å²) < 4.78 is 10.9. The molecule has 2 aromatic rings. The highest BCUT2D eigenvalue weighted by Crippen LogP contribution is 2.30. The molecule has 2 atom stereocenters. The highest BCUT2D eigenvalue weighted by molar-refractivity contribution is 5.78. The lowest BCUT2D eigenvalue weighted by molar-refractivity contribution is -0.122. The van der Waals surface area contributed by atoms with Gasteiger partial charge in [0, 0.05) is 13.3 Å². The Morgan fingerprint density at radius 2 is 2.28 bits per heavy atom. The van der Waals surface area contributed by atoms with Crippen LogP contribution in [0.5, 0.6) is 5.75 Å². The van der Waals surface area contributed by atoms with Crippen LogP contribution < -0.4 is 10.1 Å². The van der Waals surface area contributed by atoms with Gasteiger partial charge in [-0.25, -0.2) is 0 Å². The lowest BCUT2D eigenvalue weighted by atomic mass is 10.1. The fourth-order valence-corrected chi connectivity index (χ4v) is 3.59. The molecular formula is C18H22N4O3. The molecule has 2 aliphatic rings. The van der Waals surface area contributed by atoms with E-state index < -0.39 is 0 Å². The fraction of sp³-hybridized carbons (Fsp3) is 0.500. The summed E-state index contributed by atoms with van der Waals surface area (Å²) in [5.41, 5.74) is 1.20. The number of carbonyl (C=O) groups excluding carboxylic acids is 1. The van der Waals surface area contributed by atoms with E-state index in [0.717, 1.165) is 31.6 Å². The number of para-hydroxylation sites is 1. The fourth-order valence-electron chi connectivity index (χ4n) is 3.59. The van der Waals surface area contributed by atoms with Crippen LogP contribution in [0, 0.1) is 6.92 Å². The highest BCUT2D eigenvalue weighted by atomic mass is 16.5. The van der Waals surface area contributed by atoms with Crippen molar-refractivity contribution in [3.63, 3.8) is 0 Å². The van der Waals surface area contributed by atoms with E-state index in [1.54, 1.807) is 6.92 Å². The third-order valence-corrected chi connectivity index (χ3v) is 4.79. The number of ether oxygens (including phenoxy) is 1. The minimum atomic E-state index is 0.00618. The number of likely N-dealkylation sites (tertiary alicyclic amines) is 1. The number of carbonyl (C=O) groups is 1. The van der Waals surface area contributed by atoms with Crippen molar-refractivity contribution in [1.82, 2.24) is 20.4 Å². The molecule has 0 aliphatic carbocycles. The predicted molar refractivity (Wildman–Crippen MR) is 90.2 cm³/mol. The SMILES string of the molecule is Cc1nc([C@H]2CCCN2CC(=O)NC[C@@H]2Cc3ccccc3O2)no1. The van der Waals surface area contributed by atoms with Gasteiger partial charge in [-0.2, -0.15) is 4.98 Å². The van der Waals surface area contributed by atoms with Gasteiger partial charge in [-0.3, -0.25) is 9.69 Å². The van der Waals surface area contributed by atoms with Gasteiger partial charge in [-0.1, -0.05) is 23.4 Å². The normalized spacial score (nSPS) is 22.6. The number of hydrogen-bond acceptors (Lipinski definition) is 6. The lowest BCUT2D eigenvalue weighted by Gasteiger charge is -2.21. The van der Waals surface area contributed by atoms with Crippen molar-refractivity contribution < 1.29 is 14.1 Å². The standard InChI is InChI=1S/C18H22N4O3/c1-12-20-18(21-25-12)15-6-4-8-22(15)11-17(23)19-10-14-9-13-5-2-3-7-16(13)24-14/h2-3,5,7,14-15H,4,6,8-11H2,1H3,(H,19,23)/t14-,15+/m0/s1. The van der Waals surface area contributed by atoms with E-state index in [-0.39, 0.29) is 18.1 Å². The third-order valence-electron chi connectivity index (χ3n) is 4.79. The van der Waals surface area contributed by atoms with E-state index in [1.807, 2.05) is 18.2 Å². The van der Waals surface area contributed by atoms with Gasteiger partial charge in [0.05, 0.1) is 19.1 Å². The van der Waals surface area contributed by atoms with Crippen LogP contribution in [-0.4, -0.2) is 46.7 Å². The van der Waals surface area contributed by atoms with Gasteiger partial charge in [0.2, 0.25) is 11.8 Å². The number of fused-ring (bicyclic) bond motifs is 1. The van der Waals surface area contributed by atoms with Gasteiger partial charge >= 0.3 is 0 Å². The van der Waals surface area contributed by atoms with E-state index in [1.165, 1.54) is 5.56 Å². The highest BCUT2D eigenvalue weighted by Gasteiger charge is 2.31. The Balaban J connectivity index is 1.28. The summed E-state index contributed by atoms with van der Waals surface area (Å²) in [7, 11) is 0. The number of rotatable bonds is 5. The monoisotopic (exact) mass is 342 g/mol. The molecule has 0 spiro atoms. The molecule has 4 rings (SSSR count). The predicted octanol–water partition coefficient (Wildman–Crippen LogP) is 1.63. The van der Waals surface area contributed by atoms with Crippen LogP contribution in [0.15, 0.2) is 28.8 Å². The first-order chi connectivity index (χ1) is 12.2. The van der Waals surface area contributed by atoms with Gasteiger partial charge in [0.25, 0.3) is 0 Å². The number of hydrogen-bond donors (Lipinski definition) is 1. The smallest absolute Gasteiger partial charge is 0.234 e. The molecule has 1 amide bonds. The quantitative estimate of drug-likeness (QED) is 0.890. The van der Waals surface area contributed by atoms with Crippen LogP contribution in [0.3, 0.4) is 0 Å². The molecule has 0 saturated carbocycles. The van der Waals surface area contributed by atoms with Crippen molar-refractivity contribution in [2.75, 3.05) is 19.6 Å². The average molecular weight is 342 g/mol. The molecule has 2 aliphatic heterocycles. The van der Waals surface area contributed by atoms with E-state index >= 15 is 0 Å². The van der Waals surface area contributed by atoms with Gasteiger partial charge in [0.1, 0.15) is 11.9 Å². The van der Waals surface area contributed by atoms with Crippen LogP contribution in [0.25, 0.3) is 0 Å². The molecule has 1 fully saturated rings. The van der Waals surface area contributed by atoms with Gasteiger partial charge in [0.15, 0.2) is 5.82 Å². The first-order valence-corrected chi connectivity index (χ1v) is 8.74. The Hall–Kier alpha value is -2.41. The van der Waals surface area contributed by atoms with Crippen molar-refractivity contribution in [3.8, 4) is 5.75 Å². The second-order valence-electron chi connectivity index (χ2n) is 6.66. The number of aryl methyl sites for hydroxylation is 1. The average Bonchev–Trinajstić information content (AvgIpc) is 3.31. The molecule has 0 unspecified atom stereocenters. The number of benzene rings is 1. The molecule has 1 aromatic carbocycles. The third kappa shape index (κ3) is 3.51. The molecule has 1 N–H and O–H groups in total. The Morgan fingerprint density at radius 1 is 1.40 bits per heavy atom. The zero-order chi connectivity index (χ0) is 17.2. The van der Waals surface area contributed by atoms with Gasteiger partial charge in [-0.15, -0.1) is 0 Å². The summed E-state index contributed by atoms with van der Waals surface area (Å²) in [6.45, 7) is 3.52. The van der Waals surface area contributed by atoms with Gasteiger partial charge < -0.3 is 14.6 Å².